The van der Waals surface area contributed by atoms with E-state index in [1.165, 1.54) is 10.2 Å². The molecule has 0 spiro atoms. The first-order valence-electron chi connectivity index (χ1n) is 9.49. The van der Waals surface area contributed by atoms with Crippen LogP contribution in [0.15, 0.2) is 53.3 Å². The molecule has 3 rings (SSSR count). The molecule has 0 aliphatic heterocycles. The van der Waals surface area contributed by atoms with E-state index in [4.69, 9.17) is 0 Å². The molecular weight excluding hydrogens is 354 g/mol. The second kappa shape index (κ2) is 9.12. The molecule has 1 amide bonds. The number of benzene rings is 2. The molecule has 7 nitrogen and oxygen atoms in total. The molecule has 0 aliphatic rings. The lowest BCUT2D eigenvalue weighted by atomic mass is 10.2. The highest BCUT2D eigenvalue weighted by Crippen LogP contribution is 2.14. The number of nitrogens with zero attached hydrogens (tertiary/aromatic N) is 4. The van der Waals surface area contributed by atoms with Crippen molar-refractivity contribution in [3.8, 4) is 0 Å². The number of carbonyl (C=O) groups excluding carboxylic acids is 1. The zero-order chi connectivity index (χ0) is 19.9. The van der Waals surface area contributed by atoms with Gasteiger partial charge in [0.25, 0.3) is 5.56 Å². The number of hydrogen-bond donors (Lipinski definition) is 1. The van der Waals surface area contributed by atoms with Crippen LogP contribution >= 0.6 is 0 Å². The topological polar surface area (TPSA) is 80.1 Å². The maximum atomic E-state index is 12.4. The zero-order valence-corrected chi connectivity index (χ0v) is 16.3. The lowest BCUT2D eigenvalue weighted by Crippen LogP contribution is -2.36. The van der Waals surface area contributed by atoms with E-state index < -0.39 is 0 Å². The van der Waals surface area contributed by atoms with Crippen LogP contribution in [0, 0.1) is 6.92 Å². The van der Waals surface area contributed by atoms with Crippen LogP contribution in [0.5, 0.6) is 0 Å². The van der Waals surface area contributed by atoms with E-state index in [0.717, 1.165) is 18.8 Å². The van der Waals surface area contributed by atoms with Gasteiger partial charge in [-0.05, 0) is 43.7 Å². The monoisotopic (exact) mass is 379 g/mol. The Labute approximate surface area is 164 Å². The molecule has 0 saturated carbocycles. The first-order valence-corrected chi connectivity index (χ1v) is 9.49. The second-order valence-corrected chi connectivity index (χ2v) is 6.65. The standard InChI is InChI=1S/C21H25N5O2/c1-3-25(17-8-6-7-16(2)15-17)14-12-22-20(27)11-13-26-21(28)18-9-4-5-10-19(18)23-24-26/h4-10,15H,3,11-14H2,1-2H3,(H,22,27). The van der Waals surface area contributed by atoms with E-state index in [1.807, 2.05) is 12.1 Å². The number of nitrogens with one attached hydrogen (secondary N) is 1. The van der Waals surface area contributed by atoms with Crippen molar-refractivity contribution in [1.82, 2.24) is 20.3 Å². The average molecular weight is 379 g/mol. The van der Waals surface area contributed by atoms with E-state index in [1.54, 1.807) is 18.2 Å². The highest BCUT2D eigenvalue weighted by Gasteiger charge is 2.09. The van der Waals surface area contributed by atoms with E-state index in [0.29, 0.717) is 17.4 Å². The molecular formula is C21H25N5O2. The molecule has 146 valence electrons. The Morgan fingerprint density at radius 3 is 2.79 bits per heavy atom. The highest BCUT2D eigenvalue weighted by atomic mass is 16.2. The van der Waals surface area contributed by atoms with Crippen LogP contribution in [0.1, 0.15) is 18.9 Å². The lowest BCUT2D eigenvalue weighted by molar-refractivity contribution is -0.121. The minimum atomic E-state index is -0.227. The van der Waals surface area contributed by atoms with E-state index in [-0.39, 0.29) is 24.4 Å². The first-order chi connectivity index (χ1) is 13.6. The second-order valence-electron chi connectivity index (χ2n) is 6.65. The maximum absolute atomic E-state index is 12.4. The summed E-state index contributed by atoms with van der Waals surface area (Å²) in [7, 11) is 0. The summed E-state index contributed by atoms with van der Waals surface area (Å²) >= 11 is 0. The van der Waals surface area contributed by atoms with Crippen molar-refractivity contribution in [3.05, 3.63) is 64.4 Å². The number of aryl methyl sites for hydroxylation is 2. The van der Waals surface area contributed by atoms with Crippen molar-refractivity contribution in [2.24, 2.45) is 0 Å². The van der Waals surface area contributed by atoms with Crippen molar-refractivity contribution in [1.29, 1.82) is 0 Å². The lowest BCUT2D eigenvalue weighted by Gasteiger charge is -2.23. The third-order valence-electron chi connectivity index (χ3n) is 4.63. The van der Waals surface area contributed by atoms with Crippen LogP contribution < -0.4 is 15.8 Å². The Kier molecular flexibility index (Phi) is 6.37. The molecule has 1 aromatic heterocycles. The van der Waals surface area contributed by atoms with Gasteiger partial charge in [0, 0.05) is 31.7 Å². The molecule has 1 heterocycles. The summed E-state index contributed by atoms with van der Waals surface area (Å²) in [5.41, 5.74) is 2.69. The molecule has 1 N–H and O–H groups in total. The summed E-state index contributed by atoms with van der Waals surface area (Å²) in [6.07, 6.45) is 0.184. The van der Waals surface area contributed by atoms with Gasteiger partial charge < -0.3 is 10.2 Å². The number of amides is 1. The molecule has 0 bridgehead atoms. The van der Waals surface area contributed by atoms with Crippen LogP contribution in [-0.2, 0) is 11.3 Å². The molecule has 0 radical (unpaired) electrons. The van der Waals surface area contributed by atoms with Gasteiger partial charge in [-0.3, -0.25) is 9.59 Å². The Bertz CT molecular complexity index is 1010. The number of likely N-dealkylation sites (N-methyl/N-ethyl adjacent to an activating group) is 1. The number of hydrogen-bond acceptors (Lipinski definition) is 5. The van der Waals surface area contributed by atoms with Gasteiger partial charge in [-0.1, -0.05) is 29.5 Å². The van der Waals surface area contributed by atoms with Crippen molar-refractivity contribution in [3.63, 3.8) is 0 Å². The summed E-state index contributed by atoms with van der Waals surface area (Å²) in [6.45, 7) is 6.49. The number of rotatable bonds is 8. The minimum Gasteiger partial charge on any atom is -0.370 e. The quantitative estimate of drug-likeness (QED) is 0.649. The molecule has 2 aromatic carbocycles. The maximum Gasteiger partial charge on any atom is 0.277 e. The summed E-state index contributed by atoms with van der Waals surface area (Å²) in [5.74, 6) is -0.109. The minimum absolute atomic E-state index is 0.109. The molecule has 0 atom stereocenters. The van der Waals surface area contributed by atoms with E-state index >= 15 is 0 Å². The Morgan fingerprint density at radius 1 is 1.18 bits per heavy atom. The third kappa shape index (κ3) is 4.73. The van der Waals surface area contributed by atoms with E-state index in [2.05, 4.69) is 52.6 Å². The van der Waals surface area contributed by atoms with Crippen LogP contribution in [0.3, 0.4) is 0 Å². The van der Waals surface area contributed by atoms with Gasteiger partial charge in [0.15, 0.2) is 0 Å². The Balaban J connectivity index is 1.51. The summed E-state index contributed by atoms with van der Waals surface area (Å²) in [4.78, 5) is 26.8. The smallest absolute Gasteiger partial charge is 0.277 e. The average Bonchev–Trinajstić information content (AvgIpc) is 2.71. The molecule has 0 aliphatic carbocycles. The molecule has 0 unspecified atom stereocenters. The zero-order valence-electron chi connectivity index (χ0n) is 16.3. The van der Waals surface area contributed by atoms with Crippen molar-refractivity contribution < 1.29 is 4.79 Å². The Hall–Kier alpha value is -3.22. The van der Waals surface area contributed by atoms with Crippen LogP contribution in [0.4, 0.5) is 5.69 Å². The number of anilines is 1. The fourth-order valence-electron chi connectivity index (χ4n) is 3.09. The van der Waals surface area contributed by atoms with E-state index in [9.17, 15) is 9.59 Å². The van der Waals surface area contributed by atoms with Gasteiger partial charge >= 0.3 is 0 Å². The largest absolute Gasteiger partial charge is 0.370 e. The fraction of sp³-hybridized carbons (Fsp3) is 0.333. The highest BCUT2D eigenvalue weighted by molar-refractivity contribution is 5.77. The van der Waals surface area contributed by atoms with Gasteiger partial charge in [0.2, 0.25) is 5.91 Å². The number of aromatic nitrogens is 3. The van der Waals surface area contributed by atoms with Crippen molar-refractivity contribution in [2.75, 3.05) is 24.5 Å². The molecule has 28 heavy (non-hydrogen) atoms. The van der Waals surface area contributed by atoms with Gasteiger partial charge in [-0.25, -0.2) is 4.68 Å². The van der Waals surface area contributed by atoms with Crippen LogP contribution in [0.25, 0.3) is 10.9 Å². The molecule has 3 aromatic rings. The van der Waals surface area contributed by atoms with Gasteiger partial charge in [-0.2, -0.15) is 0 Å². The van der Waals surface area contributed by atoms with Gasteiger partial charge in [-0.15, -0.1) is 5.10 Å². The van der Waals surface area contributed by atoms with Crippen LogP contribution in [-0.4, -0.2) is 40.5 Å². The third-order valence-corrected chi connectivity index (χ3v) is 4.63. The summed E-state index contributed by atoms with van der Waals surface area (Å²) in [5, 5.41) is 11.4. The fourth-order valence-corrected chi connectivity index (χ4v) is 3.09. The van der Waals surface area contributed by atoms with Crippen molar-refractivity contribution >= 4 is 22.5 Å². The van der Waals surface area contributed by atoms with Gasteiger partial charge in [0.1, 0.15) is 5.52 Å². The van der Waals surface area contributed by atoms with Crippen LogP contribution in [0.2, 0.25) is 0 Å². The summed E-state index contributed by atoms with van der Waals surface area (Å²) < 4.78 is 1.24. The molecule has 0 fully saturated rings. The predicted molar refractivity (Wildman–Crippen MR) is 110 cm³/mol. The first kappa shape index (κ1) is 19.5. The number of fused-ring (bicyclic) bond motifs is 1. The normalized spacial score (nSPS) is 10.8. The predicted octanol–water partition coefficient (Wildman–Crippen LogP) is 2.13. The molecule has 0 saturated heterocycles. The Morgan fingerprint density at radius 2 is 2.00 bits per heavy atom. The van der Waals surface area contributed by atoms with Gasteiger partial charge in [0.05, 0.1) is 11.9 Å². The summed E-state index contributed by atoms with van der Waals surface area (Å²) in [6, 6.07) is 15.4. The molecule has 7 heteroatoms. The van der Waals surface area contributed by atoms with Crippen molar-refractivity contribution in [2.45, 2.75) is 26.8 Å². The number of carbonyl (C=O) groups is 1. The SMILES string of the molecule is CCN(CCNC(=O)CCn1nnc2ccccc2c1=O)c1cccc(C)c1.